The van der Waals surface area contributed by atoms with Crippen LogP contribution in [0.25, 0.3) is 0 Å². The molecule has 4 heteroatoms. The molecule has 0 bridgehead atoms. The fraction of sp³-hybridized carbons (Fsp3) is 0.0500. The quantitative estimate of drug-likeness (QED) is 0.561. The van der Waals surface area contributed by atoms with Crippen LogP contribution in [0.4, 0.5) is 10.1 Å². The molecule has 0 aliphatic carbocycles. The van der Waals surface area contributed by atoms with E-state index < -0.39 is 0 Å². The highest BCUT2D eigenvalue weighted by Gasteiger charge is 2.13. The van der Waals surface area contributed by atoms with Gasteiger partial charge in [-0.3, -0.25) is 4.79 Å². The van der Waals surface area contributed by atoms with Crippen LogP contribution in [0.2, 0.25) is 0 Å². The number of carbonyl (C=O) groups excluding carboxylic acids is 1. The molecule has 0 fully saturated rings. The number of halogens is 2. The molecule has 3 aromatic carbocycles. The van der Waals surface area contributed by atoms with Crippen molar-refractivity contribution in [1.82, 2.24) is 0 Å². The number of para-hydroxylation sites is 1. The summed E-state index contributed by atoms with van der Waals surface area (Å²) >= 11 is 1.97. The van der Waals surface area contributed by atoms with Crippen molar-refractivity contribution in [2.45, 2.75) is 6.42 Å². The van der Waals surface area contributed by atoms with Crippen LogP contribution in [-0.4, -0.2) is 5.91 Å². The Labute approximate surface area is 153 Å². The van der Waals surface area contributed by atoms with Gasteiger partial charge in [-0.2, -0.15) is 0 Å². The predicted molar refractivity (Wildman–Crippen MR) is 103 cm³/mol. The fourth-order valence-electron chi connectivity index (χ4n) is 2.48. The second-order valence-electron chi connectivity index (χ2n) is 5.40. The van der Waals surface area contributed by atoms with E-state index in [-0.39, 0.29) is 11.7 Å². The Morgan fingerprint density at radius 3 is 2.42 bits per heavy atom. The molecule has 0 radical (unpaired) electrons. The van der Waals surface area contributed by atoms with Gasteiger partial charge >= 0.3 is 0 Å². The normalized spacial score (nSPS) is 10.4. The Kier molecular flexibility index (Phi) is 5.25. The van der Waals surface area contributed by atoms with Crippen molar-refractivity contribution in [3.8, 4) is 0 Å². The lowest BCUT2D eigenvalue weighted by molar-refractivity contribution is 0.102. The van der Waals surface area contributed by atoms with Gasteiger partial charge < -0.3 is 5.32 Å². The lowest BCUT2D eigenvalue weighted by Crippen LogP contribution is -2.15. The fourth-order valence-corrected chi connectivity index (χ4v) is 3.20. The lowest BCUT2D eigenvalue weighted by Gasteiger charge is -2.12. The summed E-state index contributed by atoms with van der Waals surface area (Å²) in [5.74, 6) is -0.583. The molecule has 0 spiro atoms. The molecule has 0 heterocycles. The number of rotatable bonds is 4. The van der Waals surface area contributed by atoms with Gasteiger partial charge in [0.2, 0.25) is 0 Å². The van der Waals surface area contributed by atoms with Gasteiger partial charge in [-0.05, 0) is 64.4 Å². The SMILES string of the molecule is O=C(Nc1ccccc1Cc1ccccc1)c1ccc(F)cc1I. The van der Waals surface area contributed by atoms with E-state index in [1.807, 2.05) is 65.1 Å². The first-order valence-electron chi connectivity index (χ1n) is 7.52. The van der Waals surface area contributed by atoms with Gasteiger partial charge in [0, 0.05) is 9.26 Å². The van der Waals surface area contributed by atoms with Crippen LogP contribution in [-0.2, 0) is 6.42 Å². The first kappa shape index (κ1) is 16.6. The molecule has 0 aliphatic rings. The highest BCUT2D eigenvalue weighted by Crippen LogP contribution is 2.21. The summed E-state index contributed by atoms with van der Waals surface area (Å²) in [5.41, 5.74) is 3.45. The highest BCUT2D eigenvalue weighted by atomic mass is 127. The molecule has 2 nitrogen and oxygen atoms in total. The molecule has 3 rings (SSSR count). The van der Waals surface area contributed by atoms with Crippen LogP contribution < -0.4 is 5.32 Å². The maximum absolute atomic E-state index is 13.2. The van der Waals surface area contributed by atoms with E-state index >= 15 is 0 Å². The van der Waals surface area contributed by atoms with E-state index in [9.17, 15) is 9.18 Å². The molecule has 0 saturated heterocycles. The zero-order valence-corrected chi connectivity index (χ0v) is 15.0. The zero-order chi connectivity index (χ0) is 16.9. The number of nitrogens with one attached hydrogen (secondary N) is 1. The average Bonchev–Trinajstić information content (AvgIpc) is 2.57. The molecule has 0 saturated carbocycles. The van der Waals surface area contributed by atoms with E-state index in [0.717, 1.165) is 17.7 Å². The third-order valence-corrected chi connectivity index (χ3v) is 4.57. The van der Waals surface area contributed by atoms with Crippen molar-refractivity contribution in [2.24, 2.45) is 0 Å². The van der Waals surface area contributed by atoms with Gasteiger partial charge in [-0.15, -0.1) is 0 Å². The summed E-state index contributed by atoms with van der Waals surface area (Å²) in [7, 11) is 0. The van der Waals surface area contributed by atoms with Crippen molar-refractivity contribution in [3.05, 3.63) is 98.9 Å². The molecule has 120 valence electrons. The molecule has 0 aromatic heterocycles. The van der Waals surface area contributed by atoms with Crippen molar-refractivity contribution in [3.63, 3.8) is 0 Å². The Morgan fingerprint density at radius 2 is 1.67 bits per heavy atom. The van der Waals surface area contributed by atoms with Crippen LogP contribution >= 0.6 is 22.6 Å². The minimum atomic E-state index is -0.347. The van der Waals surface area contributed by atoms with Crippen LogP contribution in [0.15, 0.2) is 72.8 Å². The minimum Gasteiger partial charge on any atom is -0.322 e. The topological polar surface area (TPSA) is 29.1 Å². The molecule has 0 aliphatic heterocycles. The molecule has 0 unspecified atom stereocenters. The monoisotopic (exact) mass is 431 g/mol. The van der Waals surface area contributed by atoms with E-state index in [4.69, 9.17) is 0 Å². The molecular weight excluding hydrogens is 416 g/mol. The summed E-state index contributed by atoms with van der Waals surface area (Å²) in [6, 6.07) is 22.0. The lowest BCUT2D eigenvalue weighted by atomic mass is 10.0. The van der Waals surface area contributed by atoms with Gasteiger partial charge in [0.15, 0.2) is 0 Å². The largest absolute Gasteiger partial charge is 0.322 e. The van der Waals surface area contributed by atoms with Gasteiger partial charge in [0.05, 0.1) is 5.56 Å². The predicted octanol–water partition coefficient (Wildman–Crippen LogP) is 5.27. The Balaban J connectivity index is 1.84. The number of carbonyl (C=O) groups is 1. The minimum absolute atomic E-state index is 0.236. The van der Waals surface area contributed by atoms with Crippen LogP contribution in [0.3, 0.4) is 0 Å². The van der Waals surface area contributed by atoms with Crippen LogP contribution in [0.5, 0.6) is 0 Å². The summed E-state index contributed by atoms with van der Waals surface area (Å²) < 4.78 is 13.8. The number of anilines is 1. The third kappa shape index (κ3) is 4.00. The standard InChI is InChI=1S/C20H15FINO/c21-16-10-11-17(18(22)13-16)20(24)23-19-9-5-4-8-15(19)12-14-6-2-1-3-7-14/h1-11,13H,12H2,(H,23,24). The molecule has 1 amide bonds. The van der Waals surface area contributed by atoms with E-state index in [2.05, 4.69) is 17.4 Å². The van der Waals surface area contributed by atoms with Crippen molar-refractivity contribution in [1.29, 1.82) is 0 Å². The van der Waals surface area contributed by atoms with Crippen molar-refractivity contribution in [2.75, 3.05) is 5.32 Å². The smallest absolute Gasteiger partial charge is 0.256 e. The number of benzene rings is 3. The summed E-state index contributed by atoms with van der Waals surface area (Å²) in [5, 5.41) is 2.94. The first-order valence-corrected chi connectivity index (χ1v) is 8.59. The summed E-state index contributed by atoms with van der Waals surface area (Å²) in [6.07, 6.45) is 0.734. The maximum Gasteiger partial charge on any atom is 0.256 e. The van der Waals surface area contributed by atoms with Crippen molar-refractivity contribution >= 4 is 34.2 Å². The van der Waals surface area contributed by atoms with Gasteiger partial charge in [0.1, 0.15) is 5.82 Å². The third-order valence-electron chi connectivity index (χ3n) is 3.68. The molecule has 24 heavy (non-hydrogen) atoms. The van der Waals surface area contributed by atoms with Gasteiger partial charge in [-0.1, -0.05) is 48.5 Å². The average molecular weight is 431 g/mol. The van der Waals surface area contributed by atoms with Crippen LogP contribution in [0, 0.1) is 9.39 Å². The highest BCUT2D eigenvalue weighted by molar-refractivity contribution is 14.1. The number of hydrogen-bond acceptors (Lipinski definition) is 1. The zero-order valence-electron chi connectivity index (χ0n) is 12.8. The van der Waals surface area contributed by atoms with E-state index in [0.29, 0.717) is 9.13 Å². The number of hydrogen-bond donors (Lipinski definition) is 1. The second kappa shape index (κ2) is 7.57. The van der Waals surface area contributed by atoms with E-state index in [1.165, 1.54) is 23.8 Å². The Morgan fingerprint density at radius 1 is 0.958 bits per heavy atom. The molecule has 1 N–H and O–H groups in total. The van der Waals surface area contributed by atoms with E-state index in [1.54, 1.807) is 0 Å². The maximum atomic E-state index is 13.2. The molecule has 3 aromatic rings. The Bertz CT molecular complexity index is 865. The van der Waals surface area contributed by atoms with Crippen LogP contribution in [0.1, 0.15) is 21.5 Å². The van der Waals surface area contributed by atoms with Gasteiger partial charge in [-0.25, -0.2) is 4.39 Å². The molecule has 0 atom stereocenters. The second-order valence-corrected chi connectivity index (χ2v) is 6.56. The van der Waals surface area contributed by atoms with Gasteiger partial charge in [0.25, 0.3) is 5.91 Å². The Hall–Kier alpha value is -2.21. The number of amides is 1. The summed E-state index contributed by atoms with van der Waals surface area (Å²) in [6.45, 7) is 0. The summed E-state index contributed by atoms with van der Waals surface area (Å²) in [4.78, 5) is 12.5. The van der Waals surface area contributed by atoms with Crippen molar-refractivity contribution < 1.29 is 9.18 Å². The molecular formula is C20H15FINO. The first-order chi connectivity index (χ1) is 11.6.